The first-order valence-corrected chi connectivity index (χ1v) is 8.24. The normalized spacial score (nSPS) is 12.2. The molecule has 0 radical (unpaired) electrons. The molecule has 0 N–H and O–H groups in total. The van der Waals surface area contributed by atoms with Gasteiger partial charge in [-0.15, -0.1) is 0 Å². The summed E-state index contributed by atoms with van der Waals surface area (Å²) in [7, 11) is -3.91. The molecule has 21 heavy (non-hydrogen) atoms. The van der Waals surface area contributed by atoms with Crippen molar-refractivity contribution in [3.63, 3.8) is 0 Å². The van der Waals surface area contributed by atoms with Gasteiger partial charge in [-0.05, 0) is 48.0 Å². The summed E-state index contributed by atoms with van der Waals surface area (Å²) in [5, 5.41) is 3.67. The van der Waals surface area contributed by atoms with E-state index in [1.165, 1.54) is 12.1 Å². The van der Waals surface area contributed by atoms with Crippen molar-refractivity contribution in [2.45, 2.75) is 18.7 Å². The number of aromatic nitrogens is 1. The maximum absolute atomic E-state index is 12.0. The number of aryl methyl sites for hydroxylation is 1. The van der Waals surface area contributed by atoms with Crippen LogP contribution in [0, 0.1) is 6.92 Å². The zero-order valence-electron chi connectivity index (χ0n) is 11.4. The van der Waals surface area contributed by atoms with Gasteiger partial charge in [-0.3, -0.25) is 9.27 Å². The number of halogens is 1. The third kappa shape index (κ3) is 4.12. The van der Waals surface area contributed by atoms with Crippen LogP contribution in [0.15, 0.2) is 57.2 Å². The van der Waals surface area contributed by atoms with Gasteiger partial charge in [-0.1, -0.05) is 22.9 Å². The second-order valence-corrected chi connectivity index (χ2v) is 6.85. The van der Waals surface area contributed by atoms with E-state index >= 15 is 0 Å². The molecule has 2 aromatic rings. The average molecular weight is 369 g/mol. The minimum absolute atomic E-state index is 0.0667. The molecule has 0 saturated carbocycles. The predicted octanol–water partition coefficient (Wildman–Crippen LogP) is 3.28. The van der Waals surface area contributed by atoms with Gasteiger partial charge in [0.2, 0.25) is 0 Å². The molecule has 0 unspecified atom stereocenters. The lowest BCUT2D eigenvalue weighted by Gasteiger charge is -2.04. The average Bonchev–Trinajstić information content (AvgIpc) is 2.45. The fraction of sp³-hybridized carbons (Fsp3) is 0.143. The molecule has 1 heterocycles. The maximum Gasteiger partial charge on any atom is 0.358 e. The summed E-state index contributed by atoms with van der Waals surface area (Å²) in [6, 6.07) is 8.14. The van der Waals surface area contributed by atoms with Crippen LogP contribution in [0.4, 0.5) is 0 Å². The van der Waals surface area contributed by atoms with E-state index < -0.39 is 10.1 Å². The van der Waals surface area contributed by atoms with E-state index in [1.54, 1.807) is 37.5 Å². The number of benzene rings is 1. The fourth-order valence-electron chi connectivity index (χ4n) is 1.52. The van der Waals surface area contributed by atoms with Gasteiger partial charge < -0.3 is 0 Å². The van der Waals surface area contributed by atoms with Crippen LogP contribution in [-0.4, -0.2) is 19.1 Å². The van der Waals surface area contributed by atoms with Gasteiger partial charge in [-0.2, -0.15) is 8.42 Å². The third-order valence-corrected chi connectivity index (χ3v) is 4.26. The molecule has 0 aliphatic rings. The van der Waals surface area contributed by atoms with E-state index in [1.807, 2.05) is 6.92 Å². The molecule has 2 rings (SSSR count). The van der Waals surface area contributed by atoms with Crippen molar-refractivity contribution in [3.05, 3.63) is 58.3 Å². The molecule has 0 aliphatic carbocycles. The van der Waals surface area contributed by atoms with Crippen molar-refractivity contribution in [3.8, 4) is 0 Å². The Hall–Kier alpha value is -1.73. The summed E-state index contributed by atoms with van der Waals surface area (Å²) < 4.78 is 29.5. The zero-order chi connectivity index (χ0) is 15.5. The second-order valence-electron chi connectivity index (χ2n) is 4.41. The fourth-order valence-corrected chi connectivity index (χ4v) is 2.65. The summed E-state index contributed by atoms with van der Waals surface area (Å²) in [5.41, 5.74) is 2.05. The quantitative estimate of drug-likeness (QED) is 0.613. The molecule has 0 amide bonds. The van der Waals surface area contributed by atoms with E-state index in [0.29, 0.717) is 11.3 Å². The van der Waals surface area contributed by atoms with Gasteiger partial charge >= 0.3 is 10.1 Å². The molecular formula is C14H13BrN2O3S. The van der Waals surface area contributed by atoms with Crippen LogP contribution in [0.2, 0.25) is 0 Å². The second kappa shape index (κ2) is 6.36. The minimum atomic E-state index is -3.91. The Morgan fingerprint density at radius 3 is 2.52 bits per heavy atom. The number of pyridine rings is 1. The van der Waals surface area contributed by atoms with E-state index in [0.717, 1.165) is 10.0 Å². The highest BCUT2D eigenvalue weighted by Gasteiger charge is 2.15. The molecule has 0 bridgehead atoms. The molecule has 1 aromatic carbocycles. The molecule has 0 spiro atoms. The van der Waals surface area contributed by atoms with Crippen LogP contribution in [-0.2, 0) is 14.4 Å². The van der Waals surface area contributed by atoms with E-state index in [4.69, 9.17) is 4.28 Å². The van der Waals surface area contributed by atoms with Crippen LogP contribution in [0.25, 0.3) is 0 Å². The van der Waals surface area contributed by atoms with Crippen LogP contribution < -0.4 is 0 Å². The minimum Gasteiger partial charge on any atom is -0.265 e. The van der Waals surface area contributed by atoms with Crippen LogP contribution in [0.5, 0.6) is 0 Å². The first-order valence-electron chi connectivity index (χ1n) is 6.04. The number of hydrogen-bond acceptors (Lipinski definition) is 5. The highest BCUT2D eigenvalue weighted by atomic mass is 79.9. The van der Waals surface area contributed by atoms with Gasteiger partial charge in [0.1, 0.15) is 4.90 Å². The lowest BCUT2D eigenvalue weighted by molar-refractivity contribution is 0.339. The molecule has 110 valence electrons. The Kier molecular flexibility index (Phi) is 4.74. The Morgan fingerprint density at radius 1 is 1.24 bits per heavy atom. The molecule has 7 heteroatoms. The van der Waals surface area contributed by atoms with Crippen molar-refractivity contribution in [1.82, 2.24) is 4.98 Å². The van der Waals surface area contributed by atoms with Gasteiger partial charge in [-0.25, -0.2) is 0 Å². The monoisotopic (exact) mass is 368 g/mol. The lowest BCUT2D eigenvalue weighted by Crippen LogP contribution is -2.05. The Balaban J connectivity index is 2.21. The smallest absolute Gasteiger partial charge is 0.265 e. The molecular weight excluding hydrogens is 356 g/mol. The molecule has 0 fully saturated rings. The number of nitrogens with zero attached hydrogens (tertiary/aromatic N) is 2. The summed E-state index contributed by atoms with van der Waals surface area (Å²) in [4.78, 5) is 4.05. The van der Waals surface area contributed by atoms with E-state index in [2.05, 4.69) is 26.1 Å². The summed E-state index contributed by atoms with van der Waals surface area (Å²) in [6.45, 7) is 3.52. The Morgan fingerprint density at radius 2 is 1.90 bits per heavy atom. The molecule has 0 saturated heterocycles. The number of oxime groups is 1. The number of rotatable bonds is 4. The Bertz CT molecular complexity index is 771. The molecule has 0 atom stereocenters. The van der Waals surface area contributed by atoms with Crippen LogP contribution in [0.3, 0.4) is 0 Å². The van der Waals surface area contributed by atoms with Crippen molar-refractivity contribution in [2.75, 3.05) is 0 Å². The van der Waals surface area contributed by atoms with Crippen molar-refractivity contribution in [1.29, 1.82) is 0 Å². The van der Waals surface area contributed by atoms with E-state index in [-0.39, 0.29) is 4.90 Å². The SMILES string of the molecule is CC(=NOS(=O)(=O)c1ccc(C)cc1)c1cncc(Br)c1. The largest absolute Gasteiger partial charge is 0.358 e. The maximum atomic E-state index is 12.0. The van der Waals surface area contributed by atoms with Gasteiger partial charge in [0.25, 0.3) is 0 Å². The summed E-state index contributed by atoms with van der Waals surface area (Å²) in [6.07, 6.45) is 3.20. The van der Waals surface area contributed by atoms with Crippen LogP contribution >= 0.6 is 15.9 Å². The predicted molar refractivity (Wildman–Crippen MR) is 83.6 cm³/mol. The Labute approximate surface area is 131 Å². The third-order valence-electron chi connectivity index (χ3n) is 2.70. The van der Waals surface area contributed by atoms with Crippen molar-refractivity contribution >= 4 is 31.8 Å². The van der Waals surface area contributed by atoms with E-state index in [9.17, 15) is 8.42 Å². The first-order chi connectivity index (χ1) is 9.88. The zero-order valence-corrected chi connectivity index (χ0v) is 13.8. The van der Waals surface area contributed by atoms with Gasteiger partial charge in [0.15, 0.2) is 0 Å². The first kappa shape index (κ1) is 15.7. The van der Waals surface area contributed by atoms with Crippen molar-refractivity contribution < 1.29 is 12.7 Å². The number of hydrogen-bond donors (Lipinski definition) is 0. The van der Waals surface area contributed by atoms with Gasteiger partial charge in [0, 0.05) is 22.4 Å². The van der Waals surface area contributed by atoms with Crippen molar-refractivity contribution in [2.24, 2.45) is 5.16 Å². The summed E-state index contributed by atoms with van der Waals surface area (Å²) in [5.74, 6) is 0. The van der Waals surface area contributed by atoms with Gasteiger partial charge in [0.05, 0.1) is 5.71 Å². The topological polar surface area (TPSA) is 68.6 Å². The molecule has 5 nitrogen and oxygen atoms in total. The highest BCUT2D eigenvalue weighted by molar-refractivity contribution is 9.10. The lowest BCUT2D eigenvalue weighted by atomic mass is 10.2. The highest BCUT2D eigenvalue weighted by Crippen LogP contribution is 2.15. The summed E-state index contributed by atoms with van der Waals surface area (Å²) >= 11 is 3.29. The molecule has 1 aromatic heterocycles. The standard InChI is InChI=1S/C14H13BrN2O3S/c1-10-3-5-14(6-4-10)21(18,19)20-17-11(2)12-7-13(15)9-16-8-12/h3-9H,1-2H3. The molecule has 0 aliphatic heterocycles. The van der Waals surface area contributed by atoms with Crippen LogP contribution in [0.1, 0.15) is 18.1 Å².